The van der Waals surface area contributed by atoms with Crippen LogP contribution in [0.4, 0.5) is 4.39 Å². The Balaban J connectivity index is 1.79. The molecular formula is C19H26FNO2. The molecule has 2 aliphatic rings. The maximum Gasteiger partial charge on any atom is 0.251 e. The van der Waals surface area contributed by atoms with E-state index >= 15 is 0 Å². The van der Waals surface area contributed by atoms with Gasteiger partial charge in [-0.3, -0.25) is 4.79 Å². The average molecular weight is 319 g/mol. The molecule has 0 saturated heterocycles. The van der Waals surface area contributed by atoms with Crippen molar-refractivity contribution in [2.24, 2.45) is 23.5 Å². The zero-order valence-corrected chi connectivity index (χ0v) is 14.0. The zero-order valence-electron chi connectivity index (χ0n) is 14.0. The van der Waals surface area contributed by atoms with E-state index in [1.807, 2.05) is 0 Å². The van der Waals surface area contributed by atoms with Crippen molar-refractivity contribution in [2.45, 2.75) is 51.9 Å². The van der Waals surface area contributed by atoms with Crippen LogP contribution in [0.2, 0.25) is 0 Å². The van der Waals surface area contributed by atoms with E-state index in [9.17, 15) is 9.18 Å². The molecule has 0 spiro atoms. The van der Waals surface area contributed by atoms with Crippen molar-refractivity contribution < 1.29 is 13.9 Å². The van der Waals surface area contributed by atoms with E-state index in [1.54, 1.807) is 6.07 Å². The smallest absolute Gasteiger partial charge is 0.251 e. The Bertz CT molecular complexity index is 587. The highest BCUT2D eigenvalue weighted by Gasteiger charge is 2.31. The first-order valence-electron chi connectivity index (χ1n) is 8.73. The van der Waals surface area contributed by atoms with E-state index in [0.717, 1.165) is 18.4 Å². The van der Waals surface area contributed by atoms with Crippen LogP contribution >= 0.6 is 0 Å². The van der Waals surface area contributed by atoms with E-state index < -0.39 is 11.7 Å². The lowest BCUT2D eigenvalue weighted by Gasteiger charge is -2.34. The molecule has 0 aliphatic heterocycles. The first-order valence-corrected chi connectivity index (χ1v) is 8.73. The molecule has 2 aliphatic carbocycles. The molecule has 0 heterocycles. The minimum atomic E-state index is -0.717. The molecule has 0 bridgehead atoms. The summed E-state index contributed by atoms with van der Waals surface area (Å²) in [6.45, 7) is 5.18. The fraction of sp³-hybridized carbons (Fsp3) is 0.632. The molecule has 0 aromatic heterocycles. The van der Waals surface area contributed by atoms with Gasteiger partial charge in [-0.2, -0.15) is 0 Å². The summed E-state index contributed by atoms with van der Waals surface area (Å²) in [5.74, 6) is 1.46. The maximum atomic E-state index is 14.1. The van der Waals surface area contributed by atoms with Gasteiger partial charge in [-0.25, -0.2) is 4.39 Å². The molecule has 0 radical (unpaired) electrons. The van der Waals surface area contributed by atoms with Gasteiger partial charge in [-0.15, -0.1) is 0 Å². The van der Waals surface area contributed by atoms with Crippen molar-refractivity contribution in [3.8, 4) is 5.75 Å². The number of hydrogen-bond acceptors (Lipinski definition) is 2. The van der Waals surface area contributed by atoms with Crippen LogP contribution in [0, 0.1) is 23.6 Å². The van der Waals surface area contributed by atoms with Gasteiger partial charge in [0, 0.05) is 6.07 Å². The van der Waals surface area contributed by atoms with E-state index in [0.29, 0.717) is 36.0 Å². The zero-order chi connectivity index (χ0) is 16.6. The quantitative estimate of drug-likeness (QED) is 0.882. The Labute approximate surface area is 137 Å². The third kappa shape index (κ3) is 3.51. The van der Waals surface area contributed by atoms with E-state index in [-0.39, 0.29) is 5.56 Å². The number of halogens is 1. The number of carbonyl (C=O) groups is 1. The Kier molecular flexibility index (Phi) is 4.60. The largest absolute Gasteiger partial charge is 0.493 e. The predicted molar refractivity (Wildman–Crippen MR) is 88.1 cm³/mol. The number of carbonyl (C=O) groups excluding carboxylic acids is 1. The van der Waals surface area contributed by atoms with Crippen LogP contribution in [0.15, 0.2) is 12.1 Å². The van der Waals surface area contributed by atoms with Gasteiger partial charge in [0.1, 0.15) is 11.6 Å². The highest BCUT2D eigenvalue weighted by Crippen LogP contribution is 2.45. The Morgan fingerprint density at radius 1 is 1.22 bits per heavy atom. The summed E-state index contributed by atoms with van der Waals surface area (Å²) in [6.07, 6.45) is 5.90. The van der Waals surface area contributed by atoms with Gasteiger partial charge in [0.25, 0.3) is 5.91 Å². The van der Waals surface area contributed by atoms with Gasteiger partial charge in [-0.05, 0) is 48.1 Å². The molecule has 2 atom stereocenters. The van der Waals surface area contributed by atoms with Crippen molar-refractivity contribution in [2.75, 3.05) is 6.61 Å². The molecule has 23 heavy (non-hydrogen) atoms. The van der Waals surface area contributed by atoms with E-state index in [4.69, 9.17) is 10.5 Å². The Hall–Kier alpha value is -1.58. The number of benzene rings is 1. The number of amides is 1. The highest BCUT2D eigenvalue weighted by atomic mass is 19.1. The minimum Gasteiger partial charge on any atom is -0.493 e. The fourth-order valence-corrected chi connectivity index (χ4v) is 3.86. The molecule has 2 unspecified atom stereocenters. The van der Waals surface area contributed by atoms with Crippen LogP contribution in [-0.2, 0) is 0 Å². The number of rotatable bonds is 5. The second kappa shape index (κ2) is 6.50. The van der Waals surface area contributed by atoms with Gasteiger partial charge in [0.15, 0.2) is 0 Å². The predicted octanol–water partition coefficient (Wildman–Crippen LogP) is 4.25. The lowest BCUT2D eigenvalue weighted by Crippen LogP contribution is -2.30. The normalized spacial score (nSPS) is 27.7. The maximum absolute atomic E-state index is 14.1. The summed E-state index contributed by atoms with van der Waals surface area (Å²) in [5.41, 5.74) is 6.17. The summed E-state index contributed by atoms with van der Waals surface area (Å²) in [4.78, 5) is 11.4. The SMILES string of the molecule is CC1CCCC(C)C1COc1cc(F)c(C(N)=O)cc1C1CC1. The molecule has 1 amide bonds. The van der Waals surface area contributed by atoms with Crippen LogP contribution in [0.1, 0.15) is 67.8 Å². The third-order valence-electron chi connectivity index (χ3n) is 5.59. The average Bonchev–Trinajstić information content (AvgIpc) is 3.31. The van der Waals surface area contributed by atoms with Crippen molar-refractivity contribution in [3.63, 3.8) is 0 Å². The number of nitrogens with two attached hydrogens (primary N) is 1. The number of ether oxygens (including phenoxy) is 1. The third-order valence-corrected chi connectivity index (χ3v) is 5.59. The van der Waals surface area contributed by atoms with Gasteiger partial charge in [0.2, 0.25) is 0 Å². The van der Waals surface area contributed by atoms with Crippen LogP contribution in [0.25, 0.3) is 0 Å². The summed E-state index contributed by atoms with van der Waals surface area (Å²) < 4.78 is 20.1. The topological polar surface area (TPSA) is 52.3 Å². The van der Waals surface area contributed by atoms with Crippen molar-refractivity contribution in [1.82, 2.24) is 0 Å². The number of hydrogen-bond donors (Lipinski definition) is 1. The molecule has 3 nitrogen and oxygen atoms in total. The van der Waals surface area contributed by atoms with Gasteiger partial charge in [-0.1, -0.05) is 33.1 Å². The van der Waals surface area contributed by atoms with E-state index in [2.05, 4.69) is 13.8 Å². The Morgan fingerprint density at radius 2 is 1.87 bits per heavy atom. The highest BCUT2D eigenvalue weighted by molar-refractivity contribution is 5.93. The molecule has 3 rings (SSSR count). The lowest BCUT2D eigenvalue weighted by molar-refractivity contribution is 0.0995. The van der Waals surface area contributed by atoms with Crippen LogP contribution < -0.4 is 10.5 Å². The second-order valence-corrected chi connectivity index (χ2v) is 7.37. The molecule has 1 aromatic rings. The first-order chi connectivity index (χ1) is 11.0. The van der Waals surface area contributed by atoms with Crippen LogP contribution in [-0.4, -0.2) is 12.5 Å². The molecule has 2 N–H and O–H groups in total. The van der Waals surface area contributed by atoms with Crippen molar-refractivity contribution in [1.29, 1.82) is 0 Å². The van der Waals surface area contributed by atoms with Gasteiger partial charge in [0.05, 0.1) is 12.2 Å². The van der Waals surface area contributed by atoms with Gasteiger partial charge < -0.3 is 10.5 Å². The minimum absolute atomic E-state index is 0.0290. The second-order valence-electron chi connectivity index (χ2n) is 7.37. The molecule has 126 valence electrons. The van der Waals surface area contributed by atoms with E-state index in [1.165, 1.54) is 25.3 Å². The monoisotopic (exact) mass is 319 g/mol. The Morgan fingerprint density at radius 3 is 2.43 bits per heavy atom. The first kappa shape index (κ1) is 16.3. The van der Waals surface area contributed by atoms with Gasteiger partial charge >= 0.3 is 0 Å². The summed E-state index contributed by atoms with van der Waals surface area (Å²) in [5, 5.41) is 0. The summed E-state index contributed by atoms with van der Waals surface area (Å²) in [7, 11) is 0. The molecule has 4 heteroatoms. The van der Waals surface area contributed by atoms with Crippen LogP contribution in [0.5, 0.6) is 5.75 Å². The lowest BCUT2D eigenvalue weighted by atomic mass is 9.74. The van der Waals surface area contributed by atoms with Crippen molar-refractivity contribution in [3.05, 3.63) is 29.1 Å². The van der Waals surface area contributed by atoms with Crippen LogP contribution in [0.3, 0.4) is 0 Å². The standard InChI is InChI=1S/C19H26FNO2/c1-11-4-3-5-12(2)16(11)10-23-18-9-17(20)15(19(21)22)8-14(18)13-6-7-13/h8-9,11-13,16H,3-7,10H2,1-2H3,(H2,21,22). The molecule has 2 saturated carbocycles. The summed E-state index contributed by atoms with van der Waals surface area (Å²) >= 11 is 0. The molecule has 2 fully saturated rings. The van der Waals surface area contributed by atoms with Crippen molar-refractivity contribution >= 4 is 5.91 Å². The summed E-state index contributed by atoms with van der Waals surface area (Å²) in [6, 6.07) is 2.95. The molecule has 1 aromatic carbocycles. The molecular weight excluding hydrogens is 293 g/mol. The number of primary amides is 1. The fourth-order valence-electron chi connectivity index (χ4n) is 3.86.